The quantitative estimate of drug-likeness (QED) is 0.308. The summed E-state index contributed by atoms with van der Waals surface area (Å²) >= 11 is 0. The molecule has 1 aliphatic heterocycles. The predicted octanol–water partition coefficient (Wildman–Crippen LogP) is 1.80. The van der Waals surface area contributed by atoms with Gasteiger partial charge >= 0.3 is 0 Å². The zero-order valence-corrected chi connectivity index (χ0v) is 19.0. The average Bonchev–Trinajstić information content (AvgIpc) is 3.56. The zero-order valence-electron chi connectivity index (χ0n) is 19.0. The van der Waals surface area contributed by atoms with Crippen molar-refractivity contribution in [3.8, 4) is 11.5 Å². The van der Waals surface area contributed by atoms with E-state index in [2.05, 4.69) is 20.4 Å². The molecule has 2 amide bonds. The number of hydrogen-bond acceptors (Lipinski definition) is 8. The summed E-state index contributed by atoms with van der Waals surface area (Å²) in [6.07, 6.45) is 10.7. The molecule has 0 spiro atoms. The van der Waals surface area contributed by atoms with Gasteiger partial charge in [-0.05, 0) is 36.5 Å². The number of aromatic nitrogens is 3. The van der Waals surface area contributed by atoms with Crippen LogP contribution in [0.3, 0.4) is 0 Å². The smallest absolute Gasteiger partial charge is 0.242 e. The Kier molecular flexibility index (Phi) is 7.91. The fourth-order valence-electron chi connectivity index (χ4n) is 4.86. The Morgan fingerprint density at radius 3 is 2.62 bits per heavy atom. The molecule has 0 unspecified atom stereocenters. The molecule has 0 bridgehead atoms. The van der Waals surface area contributed by atoms with E-state index in [-0.39, 0.29) is 24.7 Å². The lowest BCUT2D eigenvalue weighted by molar-refractivity contribution is -0.159. The highest BCUT2D eigenvalue weighted by atomic mass is 16.5. The molecule has 2 fully saturated rings. The van der Waals surface area contributed by atoms with Crippen LogP contribution in [0.1, 0.15) is 44.1 Å². The summed E-state index contributed by atoms with van der Waals surface area (Å²) in [7, 11) is 0. The van der Waals surface area contributed by atoms with Gasteiger partial charge in [-0.25, -0.2) is 20.5 Å². The first-order valence-corrected chi connectivity index (χ1v) is 11.8. The molecule has 2 atom stereocenters. The third-order valence-electron chi connectivity index (χ3n) is 6.57. The fraction of sp³-hybridized carbons (Fsp3) is 0.500. The van der Waals surface area contributed by atoms with Crippen molar-refractivity contribution >= 4 is 18.1 Å². The molecule has 0 radical (unpaired) electrons. The summed E-state index contributed by atoms with van der Waals surface area (Å²) in [6.45, 7) is 0.421. The molecule has 180 valence electrons. The molecule has 2 aliphatic rings. The minimum absolute atomic E-state index is 0.0826. The van der Waals surface area contributed by atoms with E-state index in [0.717, 1.165) is 25.7 Å². The van der Waals surface area contributed by atoms with E-state index in [1.165, 1.54) is 5.01 Å². The van der Waals surface area contributed by atoms with Gasteiger partial charge in [0.1, 0.15) is 11.7 Å². The molecule has 0 aromatic carbocycles. The van der Waals surface area contributed by atoms with Gasteiger partial charge in [0, 0.05) is 31.6 Å². The van der Waals surface area contributed by atoms with Crippen molar-refractivity contribution in [1.29, 1.82) is 0 Å². The number of Topliss-reactive ketones (excluding diaryl/α,β-unsaturated/α-hetero) is 1. The standard InChI is InChI=1S/C24H30N6O4/c31-16-29(34)15-19(11-17-5-1-2-6-17)24(33)30-21(8-10-28-30)22(32)12-18-13-26-23(27-14-18)20-7-3-4-9-25-20/h3-4,7,9,13-14,16-17,19,21,28,34H,1-2,5-6,8,10-12,15H2/t19-,21+/m1/s1. The van der Waals surface area contributed by atoms with Crippen LogP contribution in [-0.2, 0) is 20.8 Å². The number of pyridine rings is 1. The molecule has 1 saturated carbocycles. The number of nitrogens with zero attached hydrogens (tertiary/aromatic N) is 5. The van der Waals surface area contributed by atoms with Gasteiger partial charge in [-0.3, -0.25) is 29.6 Å². The first-order chi connectivity index (χ1) is 16.5. The van der Waals surface area contributed by atoms with Gasteiger partial charge in [0.05, 0.1) is 12.5 Å². The van der Waals surface area contributed by atoms with Crippen molar-refractivity contribution in [2.24, 2.45) is 11.8 Å². The van der Waals surface area contributed by atoms with Crippen molar-refractivity contribution in [3.63, 3.8) is 0 Å². The van der Waals surface area contributed by atoms with E-state index in [4.69, 9.17) is 0 Å². The molecule has 34 heavy (non-hydrogen) atoms. The lowest BCUT2D eigenvalue weighted by Crippen LogP contribution is -2.50. The largest absolute Gasteiger partial charge is 0.297 e. The van der Waals surface area contributed by atoms with E-state index in [9.17, 15) is 19.6 Å². The Morgan fingerprint density at radius 1 is 1.18 bits per heavy atom. The number of amides is 2. The second kappa shape index (κ2) is 11.3. The first kappa shape index (κ1) is 23.9. The normalized spacial score (nSPS) is 19.2. The van der Waals surface area contributed by atoms with Crippen LogP contribution in [0, 0.1) is 11.8 Å². The molecular formula is C24H30N6O4. The maximum atomic E-state index is 13.4. The summed E-state index contributed by atoms with van der Waals surface area (Å²) in [5.41, 5.74) is 4.35. The van der Waals surface area contributed by atoms with E-state index in [1.54, 1.807) is 18.6 Å². The van der Waals surface area contributed by atoms with E-state index < -0.39 is 12.0 Å². The summed E-state index contributed by atoms with van der Waals surface area (Å²) in [4.78, 5) is 50.3. The van der Waals surface area contributed by atoms with Gasteiger partial charge in [0.25, 0.3) is 0 Å². The van der Waals surface area contributed by atoms with Crippen molar-refractivity contribution < 1.29 is 19.6 Å². The molecule has 10 nitrogen and oxygen atoms in total. The van der Waals surface area contributed by atoms with Gasteiger partial charge in [-0.1, -0.05) is 31.7 Å². The summed E-state index contributed by atoms with van der Waals surface area (Å²) in [5, 5.41) is 11.7. The lowest BCUT2D eigenvalue weighted by atomic mass is 9.91. The van der Waals surface area contributed by atoms with Crippen LogP contribution in [0.25, 0.3) is 11.5 Å². The van der Waals surface area contributed by atoms with Gasteiger partial charge in [0.2, 0.25) is 12.3 Å². The van der Waals surface area contributed by atoms with Crippen LogP contribution in [0.15, 0.2) is 36.8 Å². The average molecular weight is 467 g/mol. The molecule has 1 aliphatic carbocycles. The number of hydrogen-bond donors (Lipinski definition) is 2. The number of hydrazine groups is 1. The van der Waals surface area contributed by atoms with Crippen molar-refractivity contribution in [1.82, 2.24) is 30.4 Å². The maximum Gasteiger partial charge on any atom is 0.242 e. The Balaban J connectivity index is 1.42. The predicted molar refractivity (Wildman–Crippen MR) is 122 cm³/mol. The van der Waals surface area contributed by atoms with Gasteiger partial charge in [-0.2, -0.15) is 0 Å². The zero-order chi connectivity index (χ0) is 23.9. The molecule has 2 aromatic rings. The fourth-order valence-corrected chi connectivity index (χ4v) is 4.86. The number of rotatable bonds is 10. The monoisotopic (exact) mass is 466 g/mol. The summed E-state index contributed by atoms with van der Waals surface area (Å²) < 4.78 is 0. The molecule has 10 heteroatoms. The van der Waals surface area contributed by atoms with E-state index in [1.807, 2.05) is 18.2 Å². The number of carbonyl (C=O) groups excluding carboxylic acids is 3. The minimum Gasteiger partial charge on any atom is -0.297 e. The second-order valence-electron chi connectivity index (χ2n) is 9.00. The van der Waals surface area contributed by atoms with Crippen LogP contribution < -0.4 is 5.43 Å². The second-order valence-corrected chi connectivity index (χ2v) is 9.00. The van der Waals surface area contributed by atoms with Gasteiger partial charge in [0.15, 0.2) is 11.6 Å². The van der Waals surface area contributed by atoms with Crippen molar-refractivity contribution in [2.45, 2.75) is 51.0 Å². The number of ketones is 1. The third-order valence-corrected chi connectivity index (χ3v) is 6.57. The molecular weight excluding hydrogens is 436 g/mol. The van der Waals surface area contributed by atoms with Crippen molar-refractivity contribution in [2.75, 3.05) is 13.1 Å². The molecule has 2 N–H and O–H groups in total. The molecule has 2 aromatic heterocycles. The van der Waals surface area contributed by atoms with E-state index >= 15 is 0 Å². The molecule has 1 saturated heterocycles. The third kappa shape index (κ3) is 5.81. The van der Waals surface area contributed by atoms with Crippen LogP contribution in [-0.4, -0.2) is 67.5 Å². The van der Waals surface area contributed by atoms with Crippen LogP contribution in [0.4, 0.5) is 0 Å². The minimum atomic E-state index is -0.614. The number of hydroxylamine groups is 2. The highest BCUT2D eigenvalue weighted by molar-refractivity contribution is 5.91. The Bertz CT molecular complexity index is 981. The number of nitrogens with one attached hydrogen (secondary N) is 1. The number of carbonyl (C=O) groups is 3. The summed E-state index contributed by atoms with van der Waals surface area (Å²) in [5.74, 6) is -0.0656. The highest BCUT2D eigenvalue weighted by Crippen LogP contribution is 2.31. The molecule has 4 rings (SSSR count). The Morgan fingerprint density at radius 2 is 1.94 bits per heavy atom. The van der Waals surface area contributed by atoms with Crippen LogP contribution in [0.2, 0.25) is 0 Å². The van der Waals surface area contributed by atoms with Crippen LogP contribution in [0.5, 0.6) is 0 Å². The SMILES string of the molecule is O=CN(O)C[C@@H](CC1CCCC1)C(=O)N1NCC[C@H]1C(=O)Cc1cnc(-c2ccccn2)nc1. The van der Waals surface area contributed by atoms with Crippen LogP contribution >= 0.6 is 0 Å². The van der Waals surface area contributed by atoms with Crippen molar-refractivity contribution in [3.05, 3.63) is 42.4 Å². The topological polar surface area (TPSA) is 129 Å². The van der Waals surface area contributed by atoms with Gasteiger partial charge < -0.3 is 0 Å². The highest BCUT2D eigenvalue weighted by Gasteiger charge is 2.38. The summed E-state index contributed by atoms with van der Waals surface area (Å²) in [6, 6.07) is 4.87. The molecule has 3 heterocycles. The van der Waals surface area contributed by atoms with E-state index in [0.29, 0.717) is 53.9 Å². The Labute approximate surface area is 198 Å². The maximum absolute atomic E-state index is 13.4. The Hall–Kier alpha value is -3.24. The first-order valence-electron chi connectivity index (χ1n) is 11.8. The lowest BCUT2D eigenvalue weighted by Gasteiger charge is -2.30. The van der Waals surface area contributed by atoms with Gasteiger partial charge in [-0.15, -0.1) is 0 Å².